The van der Waals surface area contributed by atoms with Gasteiger partial charge in [-0.25, -0.2) is 4.39 Å². The van der Waals surface area contributed by atoms with Gasteiger partial charge in [0.15, 0.2) is 0 Å². The van der Waals surface area contributed by atoms with E-state index in [1.54, 1.807) is 19.2 Å². The maximum atomic E-state index is 13.9. The SMILES string of the molecule is COc1ccccc1CCNCc1ccccc1OCc1c(F)cccc1Cl. The molecule has 28 heavy (non-hydrogen) atoms. The highest BCUT2D eigenvalue weighted by atomic mass is 35.5. The Hall–Kier alpha value is -2.56. The maximum absolute atomic E-state index is 13.9. The standard InChI is InChI=1S/C23H23ClFNO2/c1-27-22-11-4-2-7-17(22)13-14-26-15-18-8-3-5-12-23(18)28-16-19-20(24)9-6-10-21(19)25/h2-12,26H,13-16H2,1H3. The summed E-state index contributed by atoms with van der Waals surface area (Å²) in [6.07, 6.45) is 0.859. The van der Waals surface area contributed by atoms with Gasteiger partial charge in [0.05, 0.1) is 12.1 Å². The van der Waals surface area contributed by atoms with Gasteiger partial charge in [0.2, 0.25) is 0 Å². The van der Waals surface area contributed by atoms with Crippen molar-refractivity contribution in [3.05, 3.63) is 94.3 Å². The summed E-state index contributed by atoms with van der Waals surface area (Å²) in [6.45, 7) is 1.54. The Morgan fingerprint density at radius 1 is 0.893 bits per heavy atom. The van der Waals surface area contributed by atoms with E-state index in [1.807, 2.05) is 42.5 Å². The minimum absolute atomic E-state index is 0.0870. The highest BCUT2D eigenvalue weighted by Gasteiger charge is 2.09. The van der Waals surface area contributed by atoms with Crippen LogP contribution < -0.4 is 14.8 Å². The molecule has 0 unspecified atom stereocenters. The maximum Gasteiger partial charge on any atom is 0.131 e. The fourth-order valence-electron chi connectivity index (χ4n) is 2.97. The summed E-state index contributed by atoms with van der Waals surface area (Å²) in [4.78, 5) is 0. The van der Waals surface area contributed by atoms with Crippen molar-refractivity contribution in [2.24, 2.45) is 0 Å². The summed E-state index contributed by atoms with van der Waals surface area (Å²) in [5.41, 5.74) is 2.54. The number of benzene rings is 3. The van der Waals surface area contributed by atoms with Crippen LogP contribution in [-0.2, 0) is 19.6 Å². The van der Waals surface area contributed by atoms with Gasteiger partial charge in [0, 0.05) is 17.7 Å². The van der Waals surface area contributed by atoms with Gasteiger partial charge in [-0.05, 0) is 42.8 Å². The van der Waals surface area contributed by atoms with Crippen LogP contribution in [0.4, 0.5) is 4.39 Å². The smallest absolute Gasteiger partial charge is 0.131 e. The van der Waals surface area contributed by atoms with E-state index in [9.17, 15) is 4.39 Å². The van der Waals surface area contributed by atoms with Crippen molar-refractivity contribution in [3.8, 4) is 11.5 Å². The van der Waals surface area contributed by atoms with Crippen LogP contribution in [0.25, 0.3) is 0 Å². The van der Waals surface area contributed by atoms with Gasteiger partial charge < -0.3 is 14.8 Å². The van der Waals surface area contributed by atoms with Crippen molar-refractivity contribution in [3.63, 3.8) is 0 Å². The van der Waals surface area contributed by atoms with Crippen molar-refractivity contribution in [1.29, 1.82) is 0 Å². The van der Waals surface area contributed by atoms with Gasteiger partial charge in [-0.1, -0.05) is 54.1 Å². The molecule has 146 valence electrons. The molecular weight excluding hydrogens is 377 g/mol. The molecule has 3 nitrogen and oxygen atoms in total. The number of halogens is 2. The molecule has 0 aliphatic carbocycles. The van der Waals surface area contributed by atoms with Crippen LogP contribution >= 0.6 is 11.6 Å². The molecule has 0 aliphatic heterocycles. The number of para-hydroxylation sites is 2. The lowest BCUT2D eigenvalue weighted by molar-refractivity contribution is 0.296. The Bertz CT molecular complexity index is 896. The predicted octanol–water partition coefficient (Wildman–Crippen LogP) is 5.40. The van der Waals surface area contributed by atoms with Crippen LogP contribution in [0.3, 0.4) is 0 Å². The molecule has 0 aliphatic rings. The molecule has 1 N–H and O–H groups in total. The van der Waals surface area contributed by atoms with Gasteiger partial charge >= 0.3 is 0 Å². The van der Waals surface area contributed by atoms with E-state index in [2.05, 4.69) is 11.4 Å². The van der Waals surface area contributed by atoms with Crippen molar-refractivity contribution >= 4 is 11.6 Å². The van der Waals surface area contributed by atoms with Crippen LogP contribution in [0.1, 0.15) is 16.7 Å². The van der Waals surface area contributed by atoms with Gasteiger partial charge in [-0.2, -0.15) is 0 Å². The van der Waals surface area contributed by atoms with Crippen LogP contribution in [0.5, 0.6) is 11.5 Å². The van der Waals surface area contributed by atoms with Crippen molar-refractivity contribution < 1.29 is 13.9 Å². The number of rotatable bonds is 9. The molecule has 0 radical (unpaired) electrons. The van der Waals surface area contributed by atoms with E-state index in [0.717, 1.165) is 29.8 Å². The third kappa shape index (κ3) is 5.24. The highest BCUT2D eigenvalue weighted by Crippen LogP contribution is 2.24. The Labute approximate surface area is 170 Å². The topological polar surface area (TPSA) is 30.5 Å². The predicted molar refractivity (Wildman–Crippen MR) is 111 cm³/mol. The van der Waals surface area contributed by atoms with E-state index >= 15 is 0 Å². The average molecular weight is 400 g/mol. The molecular formula is C23H23ClFNO2. The summed E-state index contributed by atoms with van der Waals surface area (Å²) in [5, 5.41) is 3.80. The Balaban J connectivity index is 1.57. The van der Waals surface area contributed by atoms with E-state index in [-0.39, 0.29) is 12.4 Å². The molecule has 0 saturated heterocycles. The molecule has 0 fully saturated rings. The minimum atomic E-state index is -0.361. The number of hydrogen-bond donors (Lipinski definition) is 1. The lowest BCUT2D eigenvalue weighted by Crippen LogP contribution is -2.17. The van der Waals surface area contributed by atoms with E-state index < -0.39 is 0 Å². The zero-order valence-corrected chi connectivity index (χ0v) is 16.5. The van der Waals surface area contributed by atoms with Crippen molar-refractivity contribution in [2.75, 3.05) is 13.7 Å². The molecule has 0 spiro atoms. The first-order valence-corrected chi connectivity index (χ1v) is 9.53. The lowest BCUT2D eigenvalue weighted by atomic mass is 10.1. The Kier molecular flexibility index (Phi) is 7.29. The number of methoxy groups -OCH3 is 1. The molecule has 3 rings (SSSR count). The first-order valence-electron chi connectivity index (χ1n) is 9.15. The lowest BCUT2D eigenvalue weighted by Gasteiger charge is -2.14. The largest absolute Gasteiger partial charge is 0.496 e. The molecule has 3 aromatic rings. The molecule has 0 heterocycles. The van der Waals surface area contributed by atoms with Gasteiger partial charge in [-0.3, -0.25) is 0 Å². The third-order valence-electron chi connectivity index (χ3n) is 4.49. The molecule has 0 saturated carbocycles. The van der Waals surface area contributed by atoms with Crippen molar-refractivity contribution in [2.45, 2.75) is 19.6 Å². The minimum Gasteiger partial charge on any atom is -0.496 e. The number of ether oxygens (including phenoxy) is 2. The molecule has 5 heteroatoms. The highest BCUT2D eigenvalue weighted by molar-refractivity contribution is 6.31. The molecule has 0 atom stereocenters. The third-order valence-corrected chi connectivity index (χ3v) is 4.84. The van der Waals surface area contributed by atoms with Gasteiger partial charge in [0.25, 0.3) is 0 Å². The van der Waals surface area contributed by atoms with Crippen LogP contribution in [0.15, 0.2) is 66.7 Å². The molecule has 0 amide bonds. The Morgan fingerprint density at radius 2 is 1.61 bits per heavy atom. The summed E-state index contributed by atoms with van der Waals surface area (Å²) in [5.74, 6) is 1.25. The van der Waals surface area contributed by atoms with Gasteiger partial charge in [-0.15, -0.1) is 0 Å². The van der Waals surface area contributed by atoms with Crippen LogP contribution in [-0.4, -0.2) is 13.7 Å². The quantitative estimate of drug-likeness (QED) is 0.489. The van der Waals surface area contributed by atoms with Crippen LogP contribution in [0, 0.1) is 5.82 Å². The normalized spacial score (nSPS) is 10.7. The average Bonchev–Trinajstić information content (AvgIpc) is 2.72. The molecule has 0 bridgehead atoms. The summed E-state index contributed by atoms with van der Waals surface area (Å²) >= 11 is 6.08. The monoisotopic (exact) mass is 399 g/mol. The molecule has 0 aromatic heterocycles. The summed E-state index contributed by atoms with van der Waals surface area (Å²) in [7, 11) is 1.68. The first kappa shape index (κ1) is 20.2. The van der Waals surface area contributed by atoms with E-state index in [4.69, 9.17) is 21.1 Å². The zero-order valence-electron chi connectivity index (χ0n) is 15.8. The Morgan fingerprint density at radius 3 is 2.36 bits per heavy atom. The number of nitrogens with one attached hydrogen (secondary N) is 1. The fourth-order valence-corrected chi connectivity index (χ4v) is 3.18. The number of hydrogen-bond acceptors (Lipinski definition) is 3. The van der Waals surface area contributed by atoms with E-state index in [0.29, 0.717) is 22.9 Å². The second-order valence-electron chi connectivity index (χ2n) is 6.34. The zero-order chi connectivity index (χ0) is 19.8. The summed E-state index contributed by atoms with van der Waals surface area (Å²) < 4.78 is 25.2. The van der Waals surface area contributed by atoms with E-state index in [1.165, 1.54) is 6.07 Å². The second kappa shape index (κ2) is 10.1. The second-order valence-corrected chi connectivity index (χ2v) is 6.74. The first-order chi connectivity index (χ1) is 13.7. The summed E-state index contributed by atoms with van der Waals surface area (Å²) in [6, 6.07) is 20.4. The van der Waals surface area contributed by atoms with Gasteiger partial charge in [0.1, 0.15) is 23.9 Å². The fraction of sp³-hybridized carbons (Fsp3) is 0.217. The van der Waals surface area contributed by atoms with Crippen molar-refractivity contribution in [1.82, 2.24) is 5.32 Å². The molecule has 3 aromatic carbocycles. The van der Waals surface area contributed by atoms with Crippen LogP contribution in [0.2, 0.25) is 5.02 Å².